The summed E-state index contributed by atoms with van der Waals surface area (Å²) in [6.45, 7) is 8.07. The molecule has 150 valence electrons. The van der Waals surface area contributed by atoms with Crippen molar-refractivity contribution in [1.29, 1.82) is 0 Å². The van der Waals surface area contributed by atoms with Crippen molar-refractivity contribution in [3.05, 3.63) is 24.3 Å². The Labute approximate surface area is 160 Å². The van der Waals surface area contributed by atoms with Gasteiger partial charge in [-0.3, -0.25) is 4.79 Å². The third-order valence-corrected chi connectivity index (χ3v) is 6.39. The number of carboxylic acid groups (broad SMARTS) is 1. The molecular weight excluding hydrogens is 368 g/mol. The molecule has 0 radical (unpaired) electrons. The molecule has 0 spiro atoms. The first-order valence-electron chi connectivity index (χ1n) is 8.85. The average Bonchev–Trinajstić information content (AvgIpc) is 2.53. The van der Waals surface area contributed by atoms with Crippen LogP contribution in [-0.4, -0.2) is 49.3 Å². The second kappa shape index (κ2) is 7.14. The Morgan fingerprint density at radius 3 is 2.22 bits per heavy atom. The molecule has 8 heteroatoms. The highest BCUT2D eigenvalue weighted by atomic mass is 32.2. The van der Waals surface area contributed by atoms with Gasteiger partial charge in [0.05, 0.1) is 10.3 Å². The van der Waals surface area contributed by atoms with Gasteiger partial charge >= 0.3 is 6.09 Å². The van der Waals surface area contributed by atoms with Crippen LogP contribution in [0.15, 0.2) is 29.2 Å². The van der Waals surface area contributed by atoms with Gasteiger partial charge in [-0.1, -0.05) is 27.7 Å². The molecule has 27 heavy (non-hydrogen) atoms. The highest BCUT2D eigenvalue weighted by Crippen LogP contribution is 2.42. The summed E-state index contributed by atoms with van der Waals surface area (Å²) in [5.41, 5.74) is -0.488. The molecule has 1 aliphatic heterocycles. The summed E-state index contributed by atoms with van der Waals surface area (Å²) >= 11 is 0. The number of likely N-dealkylation sites (tertiary alicyclic amines) is 1. The number of carbonyl (C=O) groups excluding carboxylic acids is 1. The number of sulfone groups is 1. The van der Waals surface area contributed by atoms with E-state index in [4.69, 9.17) is 0 Å². The zero-order chi connectivity index (χ0) is 20.6. The Hall–Kier alpha value is -2.09. The fraction of sp³-hybridized carbons (Fsp3) is 0.579. The summed E-state index contributed by atoms with van der Waals surface area (Å²) in [6, 6.07) is 5.76. The van der Waals surface area contributed by atoms with Crippen LogP contribution in [0.4, 0.5) is 10.5 Å². The number of piperidine rings is 1. The number of rotatable bonds is 3. The highest BCUT2D eigenvalue weighted by molar-refractivity contribution is 7.90. The lowest BCUT2D eigenvalue weighted by Crippen LogP contribution is -2.56. The average molecular weight is 397 g/mol. The third kappa shape index (κ3) is 4.80. The number of nitrogens with one attached hydrogen (secondary N) is 1. The van der Waals surface area contributed by atoms with E-state index in [1.54, 1.807) is 12.1 Å². The van der Waals surface area contributed by atoms with E-state index in [2.05, 4.69) is 5.32 Å². The summed E-state index contributed by atoms with van der Waals surface area (Å²) in [6.07, 6.45) is 1.02. The van der Waals surface area contributed by atoms with E-state index in [0.29, 0.717) is 25.1 Å². The molecule has 1 saturated heterocycles. The maximum absolute atomic E-state index is 12.9. The molecule has 1 aromatic rings. The van der Waals surface area contributed by atoms with Crippen molar-refractivity contribution in [3.8, 4) is 0 Å². The number of nitrogens with zero attached hydrogens (tertiary/aromatic N) is 1. The molecule has 2 rings (SSSR count). The first-order chi connectivity index (χ1) is 12.2. The van der Waals surface area contributed by atoms with E-state index >= 15 is 0 Å². The molecule has 2 N–H and O–H groups in total. The number of hydrogen-bond acceptors (Lipinski definition) is 4. The molecule has 0 aliphatic carbocycles. The minimum absolute atomic E-state index is 0.186. The molecular formula is C19H28N2O5S. The first kappa shape index (κ1) is 21.2. The second-order valence-electron chi connectivity index (χ2n) is 8.62. The van der Waals surface area contributed by atoms with Crippen molar-refractivity contribution in [2.75, 3.05) is 18.1 Å². The van der Waals surface area contributed by atoms with Gasteiger partial charge in [0.15, 0.2) is 9.84 Å². The van der Waals surface area contributed by atoms with Crippen LogP contribution in [0.2, 0.25) is 0 Å². The smallest absolute Gasteiger partial charge is 0.407 e. The number of carbonyl (C=O) groups is 2. The molecule has 1 fully saturated rings. The highest BCUT2D eigenvalue weighted by Gasteiger charge is 2.47. The Morgan fingerprint density at radius 2 is 1.78 bits per heavy atom. The Kier molecular flexibility index (Phi) is 5.61. The largest absolute Gasteiger partial charge is 0.465 e. The molecule has 1 heterocycles. The van der Waals surface area contributed by atoms with Crippen LogP contribution in [0.1, 0.15) is 40.5 Å². The lowest BCUT2D eigenvalue weighted by Gasteiger charge is -2.48. The fourth-order valence-electron chi connectivity index (χ4n) is 3.44. The molecule has 1 aromatic carbocycles. The van der Waals surface area contributed by atoms with Crippen molar-refractivity contribution in [2.45, 2.75) is 51.5 Å². The normalized spacial score (nSPS) is 23.7. The van der Waals surface area contributed by atoms with Crippen LogP contribution in [0.25, 0.3) is 0 Å². The maximum Gasteiger partial charge on any atom is 0.407 e. The van der Waals surface area contributed by atoms with E-state index in [-0.39, 0.29) is 22.3 Å². The quantitative estimate of drug-likeness (QED) is 0.816. The maximum atomic E-state index is 12.9. The molecule has 0 saturated carbocycles. The molecule has 2 amide bonds. The topological polar surface area (TPSA) is 104 Å². The Bertz CT molecular complexity index is 827. The Balaban J connectivity index is 2.19. The molecule has 0 bridgehead atoms. The van der Waals surface area contributed by atoms with Crippen LogP contribution >= 0.6 is 0 Å². The number of anilines is 1. The van der Waals surface area contributed by atoms with Gasteiger partial charge in [-0.2, -0.15) is 0 Å². The molecule has 7 nitrogen and oxygen atoms in total. The van der Waals surface area contributed by atoms with Crippen LogP contribution < -0.4 is 5.32 Å². The minimum atomic E-state index is -3.29. The summed E-state index contributed by atoms with van der Waals surface area (Å²) in [5, 5.41) is 12.3. The van der Waals surface area contributed by atoms with Gasteiger partial charge in [0.2, 0.25) is 5.91 Å². The third-order valence-electron chi connectivity index (χ3n) is 5.26. The van der Waals surface area contributed by atoms with Crippen molar-refractivity contribution in [1.82, 2.24) is 4.90 Å². The lowest BCUT2D eigenvalue weighted by atomic mass is 9.69. The number of amides is 2. The SMILES string of the molecule is CC1(C(=O)Nc2ccc(S(C)(=O)=O)cc2)CCN(C(=O)O)C(C(C)(C)C)C1. The van der Waals surface area contributed by atoms with Gasteiger partial charge in [-0.15, -0.1) is 0 Å². The zero-order valence-corrected chi connectivity index (χ0v) is 17.3. The van der Waals surface area contributed by atoms with Gasteiger partial charge < -0.3 is 15.3 Å². The summed E-state index contributed by atoms with van der Waals surface area (Å²) in [7, 11) is -3.29. The summed E-state index contributed by atoms with van der Waals surface area (Å²) in [4.78, 5) is 26.1. The van der Waals surface area contributed by atoms with E-state index in [0.717, 1.165) is 6.26 Å². The summed E-state index contributed by atoms with van der Waals surface area (Å²) < 4.78 is 23.1. The molecule has 2 unspecified atom stereocenters. The van der Waals surface area contributed by atoms with Gasteiger partial charge in [0, 0.05) is 24.5 Å². The van der Waals surface area contributed by atoms with Crippen LogP contribution in [0.3, 0.4) is 0 Å². The molecule has 0 aromatic heterocycles. The fourth-order valence-corrected chi connectivity index (χ4v) is 4.07. The zero-order valence-electron chi connectivity index (χ0n) is 16.4. The predicted octanol–water partition coefficient (Wildman–Crippen LogP) is 3.22. The minimum Gasteiger partial charge on any atom is -0.465 e. The van der Waals surface area contributed by atoms with Crippen molar-refractivity contribution >= 4 is 27.5 Å². The van der Waals surface area contributed by atoms with Crippen LogP contribution in [-0.2, 0) is 14.6 Å². The number of hydrogen-bond donors (Lipinski definition) is 2. The predicted molar refractivity (Wildman–Crippen MR) is 103 cm³/mol. The molecule has 2 atom stereocenters. The second-order valence-corrected chi connectivity index (χ2v) is 10.6. The van der Waals surface area contributed by atoms with E-state index < -0.39 is 21.3 Å². The number of benzene rings is 1. The van der Waals surface area contributed by atoms with Gasteiger partial charge in [-0.25, -0.2) is 13.2 Å². The van der Waals surface area contributed by atoms with Gasteiger partial charge in [-0.05, 0) is 42.5 Å². The van der Waals surface area contributed by atoms with E-state index in [9.17, 15) is 23.1 Å². The van der Waals surface area contributed by atoms with Gasteiger partial charge in [0.1, 0.15) is 0 Å². The monoisotopic (exact) mass is 396 g/mol. The standard InChI is InChI=1S/C19H28N2O5S/c1-18(2,3)15-12-19(4,10-11-21(15)17(23)24)16(22)20-13-6-8-14(9-7-13)27(5,25)26/h6-9,15H,10-12H2,1-5H3,(H,20,22)(H,23,24). The van der Waals surface area contributed by atoms with Crippen LogP contribution in [0, 0.1) is 10.8 Å². The van der Waals surface area contributed by atoms with E-state index in [1.165, 1.54) is 17.0 Å². The van der Waals surface area contributed by atoms with Gasteiger partial charge in [0.25, 0.3) is 0 Å². The van der Waals surface area contributed by atoms with E-state index in [1.807, 2.05) is 27.7 Å². The van der Waals surface area contributed by atoms with Crippen molar-refractivity contribution in [2.24, 2.45) is 10.8 Å². The van der Waals surface area contributed by atoms with Crippen molar-refractivity contribution < 1.29 is 23.1 Å². The first-order valence-corrected chi connectivity index (χ1v) is 10.7. The Morgan fingerprint density at radius 1 is 1.22 bits per heavy atom. The lowest BCUT2D eigenvalue weighted by molar-refractivity contribution is -0.129. The van der Waals surface area contributed by atoms with Crippen LogP contribution in [0.5, 0.6) is 0 Å². The van der Waals surface area contributed by atoms with Crippen molar-refractivity contribution in [3.63, 3.8) is 0 Å². The summed E-state index contributed by atoms with van der Waals surface area (Å²) in [5.74, 6) is -0.186. The molecule has 1 aliphatic rings.